The molecule has 2 aromatic carbocycles. The van der Waals surface area contributed by atoms with Gasteiger partial charge in [-0.2, -0.15) is 0 Å². The molecule has 3 nitrogen and oxygen atoms in total. The van der Waals surface area contributed by atoms with E-state index >= 15 is 0 Å². The van der Waals surface area contributed by atoms with Crippen LogP contribution < -0.4 is 20.9 Å². The van der Waals surface area contributed by atoms with E-state index in [2.05, 4.69) is 102 Å². The predicted octanol–water partition coefficient (Wildman–Crippen LogP) is 0.945. The zero-order chi connectivity index (χ0) is 20.2. The van der Waals surface area contributed by atoms with Gasteiger partial charge in [-0.15, -0.1) is 0 Å². The number of rotatable bonds is 1. The van der Waals surface area contributed by atoms with E-state index in [-0.39, 0.29) is 17.4 Å². The summed E-state index contributed by atoms with van der Waals surface area (Å²) < 4.78 is 1.59. The summed E-state index contributed by atoms with van der Waals surface area (Å²) >= 11 is -2.15. The first-order chi connectivity index (χ1) is 12.5. The van der Waals surface area contributed by atoms with Gasteiger partial charge in [-0.05, 0) is 0 Å². The van der Waals surface area contributed by atoms with E-state index in [1.165, 1.54) is 20.9 Å². The van der Waals surface area contributed by atoms with Crippen molar-refractivity contribution in [3.63, 3.8) is 0 Å². The summed E-state index contributed by atoms with van der Waals surface area (Å²) in [5.41, 5.74) is 0. The fraction of sp³-hybridized carbons (Fsp3) is 0.136. The van der Waals surface area contributed by atoms with E-state index in [1.807, 2.05) is 0 Å². The van der Waals surface area contributed by atoms with Crippen LogP contribution in [0.3, 0.4) is 0 Å². The minimum Gasteiger partial charge on any atom is 3.00 e. The van der Waals surface area contributed by atoms with E-state index in [1.54, 1.807) is 3.59 Å². The summed E-state index contributed by atoms with van der Waals surface area (Å²) in [5, 5.41) is 5.23. The third-order valence-corrected chi connectivity index (χ3v) is 9.59. The summed E-state index contributed by atoms with van der Waals surface area (Å²) in [5.74, 6) is 0. The van der Waals surface area contributed by atoms with Crippen LogP contribution in [0.5, 0.6) is 0 Å². The summed E-state index contributed by atoms with van der Waals surface area (Å²) in [6.45, 7) is 9.75. The van der Waals surface area contributed by atoms with E-state index < -0.39 is 18.4 Å². The molecule has 27 heavy (non-hydrogen) atoms. The molecule has 0 saturated heterocycles. The number of hydrogen-bond donors (Lipinski definition) is 0. The largest absolute Gasteiger partial charge is 3.00 e. The Bertz CT molecular complexity index is 895. The maximum Gasteiger partial charge on any atom is 3.00 e. The Morgan fingerprint density at radius 2 is 0.926 bits per heavy atom. The summed E-state index contributed by atoms with van der Waals surface area (Å²) in [6.07, 6.45) is 6.76. The van der Waals surface area contributed by atoms with Gasteiger partial charge in [-0.3, -0.25) is 20.4 Å². The van der Waals surface area contributed by atoms with Gasteiger partial charge in [-0.25, -0.2) is 0 Å². The normalized spacial score (nSPS) is 10.7. The predicted molar refractivity (Wildman–Crippen MR) is 112 cm³/mol. The minimum atomic E-state index is -2.15. The van der Waals surface area contributed by atoms with Crippen LogP contribution in [0.4, 0.5) is 0 Å². The SMILES string of the molecule is [CH-]=O.[CH-]=O.[CH-]=O.[CH3][Sn]([CH3])([CH3])[C]1=c2ccc(cc2)=CC=c2ccc(cc2)=C1.[Cr+3]. The molecule has 0 spiro atoms. The molecule has 4 aliphatic rings. The summed E-state index contributed by atoms with van der Waals surface area (Å²) in [6, 6.07) is 17.9. The maximum absolute atomic E-state index is 7.75. The molecule has 0 unspecified atom stereocenters. The fourth-order valence-electron chi connectivity index (χ4n) is 2.57. The van der Waals surface area contributed by atoms with Crippen LogP contribution >= 0.6 is 0 Å². The summed E-state index contributed by atoms with van der Waals surface area (Å²) in [4.78, 5) is 30.7. The molecule has 4 aliphatic carbocycles. The molecule has 0 amide bonds. The molecule has 0 fully saturated rings. The quantitative estimate of drug-likeness (QED) is 0.329. The average molecular weight is 506 g/mol. The first-order valence-corrected chi connectivity index (χ1v) is 17.8. The van der Waals surface area contributed by atoms with Crippen molar-refractivity contribution in [2.45, 2.75) is 14.8 Å². The number of benzene rings is 2. The molecule has 0 heterocycles. The molecule has 0 aromatic heterocycles. The minimum absolute atomic E-state index is 0. The van der Waals surface area contributed by atoms with E-state index in [0.717, 1.165) is 0 Å². The first-order valence-electron chi connectivity index (χ1n) is 7.84. The van der Waals surface area contributed by atoms with Crippen LogP contribution in [0, 0.1) is 0 Å². The molecule has 0 aliphatic heterocycles. The second-order valence-corrected chi connectivity index (χ2v) is 20.8. The van der Waals surface area contributed by atoms with Gasteiger partial charge in [0.1, 0.15) is 0 Å². The van der Waals surface area contributed by atoms with Gasteiger partial charge in [0.05, 0.1) is 0 Å². The Morgan fingerprint density at radius 3 is 1.30 bits per heavy atom. The van der Waals surface area contributed by atoms with Crippen LogP contribution in [0.15, 0.2) is 48.5 Å². The molecule has 0 N–H and O–H groups in total. The van der Waals surface area contributed by atoms with Crippen molar-refractivity contribution < 1.29 is 31.7 Å². The van der Waals surface area contributed by atoms with Gasteiger partial charge in [0.15, 0.2) is 0 Å². The Kier molecular flexibility index (Phi) is 14.6. The van der Waals surface area contributed by atoms with Gasteiger partial charge < -0.3 is 14.4 Å². The maximum atomic E-state index is 7.75. The fourth-order valence-corrected chi connectivity index (χ4v) is 7.23. The van der Waals surface area contributed by atoms with Crippen LogP contribution in [0.2, 0.25) is 14.8 Å². The average Bonchev–Trinajstić information content (AvgIpc) is 2.68. The van der Waals surface area contributed by atoms with Crippen molar-refractivity contribution in [3.8, 4) is 0 Å². The standard InChI is InChI=1S/C16H11.3CHO.3CH3.Cr.Sn/c1-2-14-4-3-13(1)9-10-15-5-7-16(8-6-15)12-11-14;3*1-2;;;;;/h1-11H;3*1H;3*1H3;;/q;3*-1;;;;+3;. The molecule has 6 rings (SSSR count). The molecular weight excluding hydrogens is 483 g/mol. The molecule has 4 bridgehead atoms. The second-order valence-electron chi connectivity index (χ2n) is 6.43. The van der Waals surface area contributed by atoms with Crippen LogP contribution in [0.25, 0.3) is 21.8 Å². The van der Waals surface area contributed by atoms with Crippen molar-refractivity contribution in [3.05, 3.63) is 69.4 Å². The number of hydrogen-bond acceptors (Lipinski definition) is 3. The monoisotopic (exact) mass is 507 g/mol. The topological polar surface area (TPSA) is 51.2 Å². The molecular formula is C22H23CrO3Sn. The van der Waals surface area contributed by atoms with Gasteiger partial charge in [0.25, 0.3) is 0 Å². The van der Waals surface area contributed by atoms with Crippen molar-refractivity contribution in [1.29, 1.82) is 0 Å². The van der Waals surface area contributed by atoms with Gasteiger partial charge in [-0.1, -0.05) is 0 Å². The van der Waals surface area contributed by atoms with Crippen LogP contribution in [-0.4, -0.2) is 38.7 Å². The molecule has 5 heteroatoms. The van der Waals surface area contributed by atoms with Crippen molar-refractivity contribution >= 4 is 60.6 Å². The third kappa shape index (κ3) is 8.66. The summed E-state index contributed by atoms with van der Waals surface area (Å²) in [7, 11) is 0. The molecule has 139 valence electrons. The van der Waals surface area contributed by atoms with Gasteiger partial charge >= 0.3 is 142 Å². The van der Waals surface area contributed by atoms with Crippen LogP contribution in [-0.2, 0) is 31.7 Å². The molecule has 1 radical (unpaired) electrons. The number of carbonyl (C=O) groups excluding carboxylic acids is 3. The Morgan fingerprint density at radius 1 is 0.593 bits per heavy atom. The molecule has 2 aromatic rings. The van der Waals surface area contributed by atoms with Crippen molar-refractivity contribution in [2.24, 2.45) is 0 Å². The zero-order valence-electron chi connectivity index (χ0n) is 15.7. The molecule has 0 saturated carbocycles. The van der Waals surface area contributed by atoms with Crippen molar-refractivity contribution in [1.82, 2.24) is 0 Å². The van der Waals surface area contributed by atoms with E-state index in [0.29, 0.717) is 0 Å². The van der Waals surface area contributed by atoms with E-state index in [9.17, 15) is 0 Å². The Labute approximate surface area is 175 Å². The zero-order valence-corrected chi connectivity index (χ0v) is 19.8. The first kappa shape index (κ1) is 27.5. The van der Waals surface area contributed by atoms with E-state index in [4.69, 9.17) is 14.4 Å². The second kappa shape index (κ2) is 14.3. The van der Waals surface area contributed by atoms with Gasteiger partial charge in [0, 0.05) is 0 Å². The smallest absolute Gasteiger partial charge is 3.00 e. The Balaban J connectivity index is 0. The van der Waals surface area contributed by atoms with Crippen LogP contribution in [0.1, 0.15) is 0 Å². The Hall–Kier alpha value is -1.74. The van der Waals surface area contributed by atoms with Gasteiger partial charge in [0.2, 0.25) is 0 Å². The van der Waals surface area contributed by atoms with Crippen molar-refractivity contribution in [2.75, 3.05) is 0 Å². The third-order valence-electron chi connectivity index (χ3n) is 3.75. The molecule has 0 atom stereocenters.